The van der Waals surface area contributed by atoms with Crippen molar-refractivity contribution in [2.75, 3.05) is 0 Å². The molecule has 0 fully saturated rings. The largest absolute Gasteiger partial charge is 0.266 e. The summed E-state index contributed by atoms with van der Waals surface area (Å²) in [7, 11) is 0. The van der Waals surface area contributed by atoms with Gasteiger partial charge in [-0.15, -0.1) is 0 Å². The van der Waals surface area contributed by atoms with Gasteiger partial charge in [-0.25, -0.2) is 0 Å². The Morgan fingerprint density at radius 1 is 1.11 bits per heavy atom. The minimum absolute atomic E-state index is 1.21. The molecule has 3 aromatic heterocycles. The van der Waals surface area contributed by atoms with Gasteiger partial charge in [0.05, 0.1) is 0 Å². The Bertz CT molecular complexity index is 646. The summed E-state index contributed by atoms with van der Waals surface area (Å²) >= 11 is 1.74. The average Bonchev–Trinajstić information content (AvgIpc) is 2.93. The minimum Gasteiger partial charge on any atom is -0.265 e. The maximum Gasteiger partial charge on any atom is 0.266 e. The molecule has 3 rings (SSSR count). The summed E-state index contributed by atoms with van der Waals surface area (Å²) in [6, 6.07) is 10.4. The maximum absolute atomic E-state index is 4.06. The molecule has 0 saturated heterocycles. The molecule has 88 valence electrons. The van der Waals surface area contributed by atoms with Crippen molar-refractivity contribution < 1.29 is 4.57 Å². The second-order valence-corrected chi connectivity index (χ2v) is 5.06. The number of rotatable bonds is 2. The molecule has 2 nitrogen and oxygen atoms in total. The smallest absolute Gasteiger partial charge is 0.265 e. The Morgan fingerprint density at radius 3 is 2.61 bits per heavy atom. The molecular weight excluding hydrogens is 240 g/mol. The van der Waals surface area contributed by atoms with Crippen LogP contribution in [0.4, 0.5) is 0 Å². The van der Waals surface area contributed by atoms with Gasteiger partial charge in [-0.05, 0) is 41.6 Å². The first kappa shape index (κ1) is 11.1. The molecule has 0 atom stereocenters. The predicted octanol–water partition coefficient (Wildman–Crippen LogP) is 3.40. The number of aryl methyl sites for hydroxylation is 1. The highest BCUT2D eigenvalue weighted by molar-refractivity contribution is 7.12. The van der Waals surface area contributed by atoms with Gasteiger partial charge < -0.3 is 0 Å². The van der Waals surface area contributed by atoms with Gasteiger partial charge in [0.25, 0.3) is 5.00 Å². The van der Waals surface area contributed by atoms with Gasteiger partial charge in [0, 0.05) is 30.1 Å². The molecule has 0 aliphatic heterocycles. The number of thiophene rings is 1. The van der Waals surface area contributed by atoms with Gasteiger partial charge in [0.15, 0.2) is 12.4 Å². The van der Waals surface area contributed by atoms with E-state index >= 15 is 0 Å². The van der Waals surface area contributed by atoms with Crippen LogP contribution < -0.4 is 4.57 Å². The van der Waals surface area contributed by atoms with Crippen LogP contribution in [-0.4, -0.2) is 4.98 Å². The summed E-state index contributed by atoms with van der Waals surface area (Å²) in [5.41, 5.74) is 3.73. The minimum atomic E-state index is 1.21. The molecule has 3 heteroatoms. The van der Waals surface area contributed by atoms with E-state index in [0.717, 1.165) is 0 Å². The highest BCUT2D eigenvalue weighted by Crippen LogP contribution is 2.21. The van der Waals surface area contributed by atoms with Gasteiger partial charge in [0.2, 0.25) is 0 Å². The summed E-state index contributed by atoms with van der Waals surface area (Å²) in [6.45, 7) is 2.14. The zero-order valence-corrected chi connectivity index (χ0v) is 10.9. The Balaban J connectivity index is 2.05. The quantitative estimate of drug-likeness (QED) is 0.640. The zero-order valence-electron chi connectivity index (χ0n) is 10.1. The van der Waals surface area contributed by atoms with E-state index in [4.69, 9.17) is 0 Å². The number of pyridine rings is 2. The Hall–Kier alpha value is -2.00. The molecule has 0 aliphatic rings. The predicted molar refractivity (Wildman–Crippen MR) is 73.8 cm³/mol. The molecular formula is C15H13N2S+. The van der Waals surface area contributed by atoms with Crippen molar-refractivity contribution in [2.45, 2.75) is 6.92 Å². The van der Waals surface area contributed by atoms with Gasteiger partial charge >= 0.3 is 0 Å². The van der Waals surface area contributed by atoms with E-state index in [2.05, 4.69) is 52.4 Å². The summed E-state index contributed by atoms with van der Waals surface area (Å²) in [6.07, 6.45) is 7.93. The normalized spacial score (nSPS) is 10.5. The molecule has 3 aromatic rings. The fraction of sp³-hybridized carbons (Fsp3) is 0.0667. The fourth-order valence-corrected chi connectivity index (χ4v) is 2.71. The lowest BCUT2D eigenvalue weighted by Crippen LogP contribution is -2.28. The van der Waals surface area contributed by atoms with Crippen LogP contribution in [0.2, 0.25) is 0 Å². The van der Waals surface area contributed by atoms with Crippen LogP contribution in [0.15, 0.2) is 60.5 Å². The lowest BCUT2D eigenvalue weighted by atomic mass is 10.0. The molecule has 0 amide bonds. The Morgan fingerprint density at radius 2 is 1.94 bits per heavy atom. The van der Waals surface area contributed by atoms with Gasteiger partial charge in [-0.3, -0.25) is 4.98 Å². The second-order valence-electron chi connectivity index (χ2n) is 4.14. The molecule has 0 bridgehead atoms. The topological polar surface area (TPSA) is 16.8 Å². The third kappa shape index (κ3) is 2.05. The average molecular weight is 253 g/mol. The van der Waals surface area contributed by atoms with E-state index in [0.29, 0.717) is 0 Å². The molecule has 0 saturated carbocycles. The van der Waals surface area contributed by atoms with Crippen LogP contribution in [0.5, 0.6) is 0 Å². The second kappa shape index (κ2) is 4.70. The molecule has 0 aliphatic carbocycles. The zero-order chi connectivity index (χ0) is 12.4. The van der Waals surface area contributed by atoms with Crippen LogP contribution in [0, 0.1) is 6.92 Å². The van der Waals surface area contributed by atoms with E-state index in [1.807, 2.05) is 24.5 Å². The summed E-state index contributed by atoms with van der Waals surface area (Å²) in [5, 5.41) is 3.33. The van der Waals surface area contributed by atoms with Gasteiger partial charge in [0.1, 0.15) is 0 Å². The van der Waals surface area contributed by atoms with E-state index in [1.54, 1.807) is 11.3 Å². The summed E-state index contributed by atoms with van der Waals surface area (Å²) in [4.78, 5) is 4.06. The third-order valence-corrected chi connectivity index (χ3v) is 3.79. The van der Waals surface area contributed by atoms with Crippen molar-refractivity contribution in [3.63, 3.8) is 0 Å². The van der Waals surface area contributed by atoms with Crippen LogP contribution in [0.1, 0.15) is 5.56 Å². The first-order valence-corrected chi connectivity index (χ1v) is 6.69. The molecule has 18 heavy (non-hydrogen) atoms. The fourth-order valence-electron chi connectivity index (χ4n) is 2.02. The maximum atomic E-state index is 4.06. The van der Waals surface area contributed by atoms with Crippen molar-refractivity contribution in [3.05, 3.63) is 66.1 Å². The van der Waals surface area contributed by atoms with Crippen LogP contribution in [0.3, 0.4) is 0 Å². The summed E-state index contributed by atoms with van der Waals surface area (Å²) < 4.78 is 2.16. The first-order valence-electron chi connectivity index (χ1n) is 5.81. The van der Waals surface area contributed by atoms with E-state index < -0.39 is 0 Å². The Kier molecular flexibility index (Phi) is 2.90. The monoisotopic (exact) mass is 253 g/mol. The molecule has 0 unspecified atom stereocenters. The molecule has 0 spiro atoms. The van der Waals surface area contributed by atoms with Gasteiger partial charge in [-0.2, -0.15) is 4.57 Å². The van der Waals surface area contributed by atoms with Crippen molar-refractivity contribution >= 4 is 11.3 Å². The van der Waals surface area contributed by atoms with Crippen molar-refractivity contribution in [1.82, 2.24) is 4.98 Å². The number of hydrogen-bond acceptors (Lipinski definition) is 2. The first-order chi connectivity index (χ1) is 8.84. The highest BCUT2D eigenvalue weighted by Gasteiger charge is 2.10. The van der Waals surface area contributed by atoms with Crippen LogP contribution in [-0.2, 0) is 0 Å². The number of nitrogens with zero attached hydrogens (tertiary/aromatic N) is 2. The lowest BCUT2D eigenvalue weighted by molar-refractivity contribution is -0.591. The molecule has 3 heterocycles. The molecule has 0 aromatic carbocycles. The third-order valence-electron chi connectivity index (χ3n) is 2.91. The summed E-state index contributed by atoms with van der Waals surface area (Å²) in [5.74, 6) is 0. The van der Waals surface area contributed by atoms with Crippen LogP contribution >= 0.6 is 11.3 Å². The lowest BCUT2D eigenvalue weighted by Gasteiger charge is -2.03. The van der Waals surface area contributed by atoms with Crippen molar-refractivity contribution in [3.8, 4) is 16.1 Å². The molecule has 0 N–H and O–H groups in total. The van der Waals surface area contributed by atoms with E-state index in [1.165, 1.54) is 21.7 Å². The number of hydrogen-bond donors (Lipinski definition) is 0. The number of aromatic nitrogens is 2. The molecule has 0 radical (unpaired) electrons. The van der Waals surface area contributed by atoms with Gasteiger partial charge in [-0.1, -0.05) is 11.3 Å². The van der Waals surface area contributed by atoms with Crippen molar-refractivity contribution in [2.24, 2.45) is 0 Å². The van der Waals surface area contributed by atoms with Crippen molar-refractivity contribution in [1.29, 1.82) is 0 Å². The Labute approximate surface area is 110 Å². The van der Waals surface area contributed by atoms with E-state index in [-0.39, 0.29) is 0 Å². The van der Waals surface area contributed by atoms with Crippen LogP contribution in [0.25, 0.3) is 16.1 Å². The standard InChI is InChI=1S/C15H13N2S/c1-12-11-17(15-3-2-10-18-15)9-6-14(12)13-4-7-16-8-5-13/h2-11H,1H3/q+1. The highest BCUT2D eigenvalue weighted by atomic mass is 32.1. The van der Waals surface area contributed by atoms with E-state index in [9.17, 15) is 0 Å². The SMILES string of the molecule is Cc1c[n+](-c2cccs2)ccc1-c1ccncc1.